The van der Waals surface area contributed by atoms with Crippen LogP contribution in [0.1, 0.15) is 30.9 Å². The number of carbonyl (C=O) groups is 2. The molecule has 104 valence electrons. The van der Waals surface area contributed by atoms with Crippen molar-refractivity contribution in [2.24, 2.45) is 5.10 Å². The fourth-order valence-corrected chi connectivity index (χ4v) is 2.54. The Bertz CT molecular complexity index is 597. The van der Waals surface area contributed by atoms with E-state index in [9.17, 15) is 14.7 Å². The maximum Gasteiger partial charge on any atom is 0.274 e. The molecule has 0 aliphatic carbocycles. The summed E-state index contributed by atoms with van der Waals surface area (Å²) in [5, 5.41) is 13.8. The van der Waals surface area contributed by atoms with Crippen molar-refractivity contribution < 1.29 is 14.7 Å². The number of carbonyl (C=O) groups excluding carboxylic acids is 2. The number of aliphatic hydroxyl groups excluding tert-OH is 1. The summed E-state index contributed by atoms with van der Waals surface area (Å²) in [7, 11) is 0. The lowest BCUT2D eigenvalue weighted by molar-refractivity contribution is -0.121. The Morgan fingerprint density at radius 2 is 2.15 bits per heavy atom. The van der Waals surface area contributed by atoms with Crippen molar-refractivity contribution in [3.63, 3.8) is 0 Å². The van der Waals surface area contributed by atoms with Crippen LogP contribution >= 0.6 is 0 Å². The van der Waals surface area contributed by atoms with Gasteiger partial charge in [0.05, 0.1) is 6.10 Å². The van der Waals surface area contributed by atoms with E-state index in [4.69, 9.17) is 0 Å². The first-order chi connectivity index (χ1) is 9.66. The monoisotopic (exact) mass is 273 g/mol. The van der Waals surface area contributed by atoms with Gasteiger partial charge >= 0.3 is 0 Å². The van der Waals surface area contributed by atoms with Gasteiger partial charge in [0.2, 0.25) is 5.91 Å². The summed E-state index contributed by atoms with van der Waals surface area (Å²) < 4.78 is 0. The Balaban J connectivity index is 1.90. The number of para-hydroxylation sites is 1. The molecule has 0 radical (unpaired) electrons. The fourth-order valence-electron chi connectivity index (χ4n) is 2.54. The molecule has 6 heteroatoms. The predicted molar refractivity (Wildman–Crippen MR) is 73.2 cm³/mol. The lowest BCUT2D eigenvalue weighted by Gasteiger charge is -2.32. The van der Waals surface area contributed by atoms with Crippen LogP contribution in [0.4, 0.5) is 5.69 Å². The second-order valence-corrected chi connectivity index (χ2v) is 4.91. The minimum Gasteiger partial charge on any atom is -0.388 e. The lowest BCUT2D eigenvalue weighted by atomic mass is 9.98. The number of fused-ring (bicyclic) bond motifs is 1. The van der Waals surface area contributed by atoms with E-state index in [1.807, 2.05) is 24.3 Å². The third-order valence-electron chi connectivity index (χ3n) is 3.61. The first kappa shape index (κ1) is 12.8. The normalized spacial score (nSPS) is 21.9. The highest BCUT2D eigenvalue weighted by atomic mass is 16.3. The zero-order valence-electron chi connectivity index (χ0n) is 10.9. The van der Waals surface area contributed by atoms with Crippen molar-refractivity contribution >= 4 is 23.2 Å². The smallest absolute Gasteiger partial charge is 0.274 e. The largest absolute Gasteiger partial charge is 0.388 e. The van der Waals surface area contributed by atoms with Crippen LogP contribution in [-0.4, -0.2) is 29.2 Å². The standard InChI is InChI=1S/C14H15N3O3/c18-12-7-8-17(11-4-2-1-3-9(11)12)14(20)10-5-6-13(19)16-15-10/h1-4,12,18H,5-8H2,(H,16,19). The summed E-state index contributed by atoms with van der Waals surface area (Å²) in [5.41, 5.74) is 4.17. The molecule has 3 rings (SSSR count). The number of hydrogen-bond donors (Lipinski definition) is 2. The van der Waals surface area contributed by atoms with Gasteiger partial charge in [0.25, 0.3) is 5.91 Å². The number of benzene rings is 1. The van der Waals surface area contributed by atoms with Crippen LogP contribution in [0.3, 0.4) is 0 Å². The minimum absolute atomic E-state index is 0.170. The molecular formula is C14H15N3O3. The zero-order valence-corrected chi connectivity index (χ0v) is 10.9. The topological polar surface area (TPSA) is 82.0 Å². The van der Waals surface area contributed by atoms with Gasteiger partial charge in [0, 0.05) is 30.6 Å². The van der Waals surface area contributed by atoms with Crippen LogP contribution < -0.4 is 10.3 Å². The van der Waals surface area contributed by atoms with E-state index in [0.29, 0.717) is 25.1 Å². The number of nitrogens with one attached hydrogen (secondary N) is 1. The summed E-state index contributed by atoms with van der Waals surface area (Å²) in [6.45, 7) is 0.448. The molecule has 2 aliphatic rings. The Labute approximate surface area is 116 Å². The number of anilines is 1. The summed E-state index contributed by atoms with van der Waals surface area (Å²) in [6, 6.07) is 7.32. The minimum atomic E-state index is -0.539. The second-order valence-electron chi connectivity index (χ2n) is 4.91. The summed E-state index contributed by atoms with van der Waals surface area (Å²) in [5.74, 6) is -0.375. The van der Waals surface area contributed by atoms with Gasteiger partial charge in [-0.2, -0.15) is 5.10 Å². The molecule has 2 aliphatic heterocycles. The third-order valence-corrected chi connectivity index (χ3v) is 3.61. The zero-order chi connectivity index (χ0) is 14.1. The molecule has 0 spiro atoms. The van der Waals surface area contributed by atoms with Gasteiger partial charge in [-0.1, -0.05) is 18.2 Å². The van der Waals surface area contributed by atoms with Gasteiger partial charge in [-0.3, -0.25) is 9.59 Å². The predicted octanol–water partition coefficient (Wildman–Crippen LogP) is 0.723. The molecule has 2 amide bonds. The molecule has 0 fully saturated rings. The van der Waals surface area contributed by atoms with Crippen LogP contribution in [-0.2, 0) is 9.59 Å². The Hall–Kier alpha value is -2.21. The number of hydrazone groups is 1. The van der Waals surface area contributed by atoms with Gasteiger partial charge in [-0.05, 0) is 12.5 Å². The van der Waals surface area contributed by atoms with Crippen molar-refractivity contribution in [2.75, 3.05) is 11.4 Å². The summed E-state index contributed by atoms with van der Waals surface area (Å²) in [6.07, 6.45) is 0.597. The van der Waals surface area contributed by atoms with Gasteiger partial charge in [0.15, 0.2) is 0 Å². The average molecular weight is 273 g/mol. The fraction of sp³-hybridized carbons (Fsp3) is 0.357. The molecule has 2 N–H and O–H groups in total. The van der Waals surface area contributed by atoms with E-state index in [2.05, 4.69) is 10.5 Å². The first-order valence-corrected chi connectivity index (χ1v) is 6.61. The summed E-state index contributed by atoms with van der Waals surface area (Å²) in [4.78, 5) is 25.2. The average Bonchev–Trinajstić information content (AvgIpc) is 2.48. The third kappa shape index (κ3) is 2.18. The van der Waals surface area contributed by atoms with E-state index >= 15 is 0 Å². The van der Waals surface area contributed by atoms with Crippen molar-refractivity contribution in [3.8, 4) is 0 Å². The molecule has 0 saturated carbocycles. The molecule has 1 aromatic rings. The molecule has 0 saturated heterocycles. The number of aliphatic hydroxyl groups is 1. The van der Waals surface area contributed by atoms with Crippen LogP contribution in [0.15, 0.2) is 29.4 Å². The van der Waals surface area contributed by atoms with Crippen LogP contribution in [0, 0.1) is 0 Å². The van der Waals surface area contributed by atoms with E-state index in [0.717, 1.165) is 11.3 Å². The van der Waals surface area contributed by atoms with Gasteiger partial charge in [-0.25, -0.2) is 5.43 Å². The number of rotatable bonds is 1. The molecular weight excluding hydrogens is 258 g/mol. The second kappa shape index (κ2) is 5.05. The Morgan fingerprint density at radius 1 is 1.35 bits per heavy atom. The SMILES string of the molecule is O=C1CCC(C(=O)N2CCC(O)c3ccccc32)=NN1. The Morgan fingerprint density at radius 3 is 2.90 bits per heavy atom. The summed E-state index contributed by atoms with van der Waals surface area (Å²) >= 11 is 0. The van der Waals surface area contributed by atoms with Crippen LogP contribution in [0.2, 0.25) is 0 Å². The molecule has 0 aromatic heterocycles. The van der Waals surface area contributed by atoms with E-state index < -0.39 is 6.10 Å². The number of amides is 2. The van der Waals surface area contributed by atoms with Gasteiger partial charge < -0.3 is 10.0 Å². The lowest BCUT2D eigenvalue weighted by Crippen LogP contribution is -2.43. The first-order valence-electron chi connectivity index (χ1n) is 6.61. The molecule has 1 atom stereocenters. The van der Waals surface area contributed by atoms with Crippen LogP contribution in [0.5, 0.6) is 0 Å². The highest BCUT2D eigenvalue weighted by Crippen LogP contribution is 2.33. The van der Waals surface area contributed by atoms with Gasteiger partial charge in [-0.15, -0.1) is 0 Å². The molecule has 1 unspecified atom stereocenters. The number of nitrogens with zero attached hydrogens (tertiary/aromatic N) is 2. The molecule has 1 aromatic carbocycles. The molecule has 20 heavy (non-hydrogen) atoms. The highest BCUT2D eigenvalue weighted by Gasteiger charge is 2.30. The van der Waals surface area contributed by atoms with E-state index in [1.165, 1.54) is 0 Å². The highest BCUT2D eigenvalue weighted by molar-refractivity contribution is 6.44. The maximum atomic E-state index is 12.5. The molecule has 6 nitrogen and oxygen atoms in total. The maximum absolute atomic E-state index is 12.5. The molecule has 2 heterocycles. The molecule has 0 bridgehead atoms. The van der Waals surface area contributed by atoms with Crippen molar-refractivity contribution in [3.05, 3.63) is 29.8 Å². The van der Waals surface area contributed by atoms with E-state index in [1.54, 1.807) is 4.90 Å². The quantitative estimate of drug-likeness (QED) is 0.791. The van der Waals surface area contributed by atoms with Crippen molar-refractivity contribution in [1.29, 1.82) is 0 Å². The van der Waals surface area contributed by atoms with Crippen molar-refractivity contribution in [2.45, 2.75) is 25.4 Å². The Kier molecular flexibility index (Phi) is 3.23. The van der Waals surface area contributed by atoms with Gasteiger partial charge in [0.1, 0.15) is 5.71 Å². The van der Waals surface area contributed by atoms with Crippen molar-refractivity contribution in [1.82, 2.24) is 5.43 Å². The van der Waals surface area contributed by atoms with E-state index in [-0.39, 0.29) is 18.2 Å². The number of hydrogen-bond acceptors (Lipinski definition) is 4. The van der Waals surface area contributed by atoms with Crippen LogP contribution in [0.25, 0.3) is 0 Å².